The second kappa shape index (κ2) is 6.10. The SMILES string of the molecule is Cc1c(C2(C(=O)N[C@@H]3COc4cc(F)cnc43)CC2)c(=O)[nH]c2ccc(F)cc12. The highest BCUT2D eigenvalue weighted by Gasteiger charge is 2.54. The summed E-state index contributed by atoms with van der Waals surface area (Å²) in [6, 6.07) is 4.86. The monoisotopic (exact) mass is 397 g/mol. The molecule has 1 aliphatic carbocycles. The van der Waals surface area contributed by atoms with Crippen molar-refractivity contribution in [3.05, 3.63) is 69.3 Å². The van der Waals surface area contributed by atoms with Crippen molar-refractivity contribution in [1.82, 2.24) is 15.3 Å². The normalized spacial score (nSPS) is 18.9. The minimum absolute atomic E-state index is 0.145. The lowest BCUT2D eigenvalue weighted by atomic mass is 9.90. The molecule has 1 aliphatic heterocycles. The van der Waals surface area contributed by atoms with Gasteiger partial charge in [0.2, 0.25) is 5.91 Å². The number of amides is 1. The van der Waals surface area contributed by atoms with E-state index in [0.717, 1.165) is 6.20 Å². The molecule has 0 bridgehead atoms. The molecule has 2 N–H and O–H groups in total. The van der Waals surface area contributed by atoms with Crippen LogP contribution in [0.25, 0.3) is 10.9 Å². The topological polar surface area (TPSA) is 84.1 Å². The van der Waals surface area contributed by atoms with E-state index < -0.39 is 23.1 Å². The number of halogens is 2. The fraction of sp³-hybridized carbons (Fsp3) is 0.286. The highest BCUT2D eigenvalue weighted by Crippen LogP contribution is 2.49. The third-order valence-corrected chi connectivity index (χ3v) is 5.79. The summed E-state index contributed by atoms with van der Waals surface area (Å²) in [5, 5.41) is 3.47. The van der Waals surface area contributed by atoms with Crippen LogP contribution in [0.5, 0.6) is 5.75 Å². The summed E-state index contributed by atoms with van der Waals surface area (Å²) in [5.41, 5.74) is 0.622. The maximum Gasteiger partial charge on any atom is 0.252 e. The minimum atomic E-state index is -0.971. The lowest BCUT2D eigenvalue weighted by molar-refractivity contribution is -0.124. The summed E-state index contributed by atoms with van der Waals surface area (Å²) in [5.74, 6) is -0.935. The Morgan fingerprint density at radius 3 is 2.83 bits per heavy atom. The molecule has 0 radical (unpaired) electrons. The second-order valence-corrected chi connectivity index (χ2v) is 7.60. The van der Waals surface area contributed by atoms with Crippen molar-refractivity contribution in [2.24, 2.45) is 0 Å². The van der Waals surface area contributed by atoms with E-state index in [1.807, 2.05) is 0 Å². The first kappa shape index (κ1) is 17.8. The zero-order valence-corrected chi connectivity index (χ0v) is 15.5. The number of aromatic amines is 1. The Morgan fingerprint density at radius 2 is 2.07 bits per heavy atom. The van der Waals surface area contributed by atoms with Gasteiger partial charge in [-0.25, -0.2) is 8.78 Å². The average molecular weight is 397 g/mol. The van der Waals surface area contributed by atoms with Crippen LogP contribution in [0.15, 0.2) is 35.3 Å². The van der Waals surface area contributed by atoms with Crippen molar-refractivity contribution < 1.29 is 18.3 Å². The van der Waals surface area contributed by atoms with Crippen LogP contribution in [0.1, 0.15) is 35.7 Å². The molecule has 0 spiro atoms. The molecule has 1 atom stereocenters. The number of H-pyrrole nitrogens is 1. The standard InChI is InChI=1S/C21H17F2N3O3/c1-10-13-6-11(22)2-3-14(13)25-19(27)17(10)21(4-5-21)20(28)26-15-9-29-16-7-12(23)8-24-18(15)16/h2-3,6-8,15H,4-5,9H2,1H3,(H,25,27)(H,26,28)/t15-/m1/s1. The number of aromatic nitrogens is 2. The van der Waals surface area contributed by atoms with Crippen molar-refractivity contribution in [2.45, 2.75) is 31.2 Å². The summed E-state index contributed by atoms with van der Waals surface area (Å²) in [7, 11) is 0. The first-order valence-corrected chi connectivity index (χ1v) is 9.31. The number of aryl methyl sites for hydroxylation is 1. The number of hydrogen-bond acceptors (Lipinski definition) is 4. The fourth-order valence-electron chi connectivity index (χ4n) is 4.18. The predicted molar refractivity (Wildman–Crippen MR) is 101 cm³/mol. The third kappa shape index (κ3) is 2.70. The van der Waals surface area contributed by atoms with Gasteiger partial charge in [0.1, 0.15) is 35.7 Å². The first-order chi connectivity index (χ1) is 13.9. The van der Waals surface area contributed by atoms with Gasteiger partial charge in [0.05, 0.1) is 11.6 Å². The molecule has 3 heterocycles. The van der Waals surface area contributed by atoms with Gasteiger partial charge in [-0.2, -0.15) is 0 Å². The van der Waals surface area contributed by atoms with Gasteiger partial charge in [-0.1, -0.05) is 0 Å². The Hall–Kier alpha value is -3.29. The number of nitrogens with zero attached hydrogens (tertiary/aromatic N) is 1. The lowest BCUT2D eigenvalue weighted by Gasteiger charge is -2.20. The van der Waals surface area contributed by atoms with Crippen molar-refractivity contribution in [2.75, 3.05) is 6.61 Å². The van der Waals surface area contributed by atoms with Gasteiger partial charge >= 0.3 is 0 Å². The number of benzene rings is 1. The van der Waals surface area contributed by atoms with Crippen LogP contribution in [-0.2, 0) is 10.2 Å². The van der Waals surface area contributed by atoms with Crippen LogP contribution in [0.2, 0.25) is 0 Å². The first-order valence-electron chi connectivity index (χ1n) is 9.31. The summed E-state index contributed by atoms with van der Waals surface area (Å²) in [4.78, 5) is 32.8. The van der Waals surface area contributed by atoms with Crippen molar-refractivity contribution in [3.8, 4) is 5.75 Å². The van der Waals surface area contributed by atoms with Crippen molar-refractivity contribution in [1.29, 1.82) is 0 Å². The molecule has 6 nitrogen and oxygen atoms in total. The summed E-state index contributed by atoms with van der Waals surface area (Å²) >= 11 is 0. The molecule has 148 valence electrons. The molecular formula is C21H17F2N3O3. The maximum absolute atomic E-state index is 13.7. The molecule has 29 heavy (non-hydrogen) atoms. The van der Waals surface area contributed by atoms with Crippen LogP contribution in [-0.4, -0.2) is 22.5 Å². The highest BCUT2D eigenvalue weighted by molar-refractivity contribution is 5.94. The zero-order chi connectivity index (χ0) is 20.3. The smallest absolute Gasteiger partial charge is 0.252 e. The molecule has 8 heteroatoms. The predicted octanol–water partition coefficient (Wildman–Crippen LogP) is 2.79. The molecule has 1 aromatic carbocycles. The van der Waals surface area contributed by atoms with Crippen LogP contribution in [0.4, 0.5) is 8.78 Å². The van der Waals surface area contributed by atoms with Gasteiger partial charge in [0, 0.05) is 22.5 Å². The number of ether oxygens (including phenoxy) is 1. The Morgan fingerprint density at radius 1 is 1.28 bits per heavy atom. The van der Waals surface area contributed by atoms with E-state index in [1.54, 1.807) is 6.92 Å². The van der Waals surface area contributed by atoms with Gasteiger partial charge < -0.3 is 15.0 Å². The van der Waals surface area contributed by atoms with E-state index in [0.29, 0.717) is 46.3 Å². The van der Waals surface area contributed by atoms with Gasteiger partial charge in [0.15, 0.2) is 0 Å². The number of nitrogens with one attached hydrogen (secondary N) is 2. The summed E-state index contributed by atoms with van der Waals surface area (Å²) < 4.78 is 32.5. The Kier molecular flexibility index (Phi) is 3.74. The van der Waals surface area contributed by atoms with Crippen molar-refractivity contribution in [3.63, 3.8) is 0 Å². The second-order valence-electron chi connectivity index (χ2n) is 7.60. The molecule has 1 saturated carbocycles. The molecule has 2 aromatic heterocycles. The fourth-order valence-corrected chi connectivity index (χ4v) is 4.18. The van der Waals surface area contributed by atoms with Gasteiger partial charge in [-0.05, 0) is 43.5 Å². The average Bonchev–Trinajstić information content (AvgIpc) is 3.39. The third-order valence-electron chi connectivity index (χ3n) is 5.79. The van der Waals surface area contributed by atoms with E-state index in [-0.39, 0.29) is 18.1 Å². The number of fused-ring (bicyclic) bond motifs is 2. The molecule has 0 saturated heterocycles. The van der Waals surface area contributed by atoms with Gasteiger partial charge in [-0.3, -0.25) is 14.6 Å². The van der Waals surface area contributed by atoms with Gasteiger partial charge in [0.25, 0.3) is 5.56 Å². The van der Waals surface area contributed by atoms with E-state index in [1.165, 1.54) is 24.3 Å². The number of hydrogen-bond donors (Lipinski definition) is 2. The Balaban J connectivity index is 1.51. The van der Waals surface area contributed by atoms with Crippen LogP contribution in [0, 0.1) is 18.6 Å². The van der Waals surface area contributed by atoms with Crippen LogP contribution in [0.3, 0.4) is 0 Å². The molecule has 5 rings (SSSR count). The van der Waals surface area contributed by atoms with Crippen molar-refractivity contribution >= 4 is 16.8 Å². The molecular weight excluding hydrogens is 380 g/mol. The highest BCUT2D eigenvalue weighted by atomic mass is 19.1. The van der Waals surface area contributed by atoms with E-state index in [2.05, 4.69) is 15.3 Å². The quantitative estimate of drug-likeness (QED) is 0.712. The number of carbonyl (C=O) groups is 1. The number of pyridine rings is 2. The van der Waals surface area contributed by atoms with Crippen LogP contribution < -0.4 is 15.6 Å². The molecule has 1 fully saturated rings. The Labute approximate surface area is 163 Å². The number of rotatable bonds is 3. The summed E-state index contributed by atoms with van der Waals surface area (Å²) in [6.07, 6.45) is 2.11. The largest absolute Gasteiger partial charge is 0.489 e. The molecule has 2 aliphatic rings. The minimum Gasteiger partial charge on any atom is -0.489 e. The van der Waals surface area contributed by atoms with Gasteiger partial charge in [-0.15, -0.1) is 0 Å². The molecule has 3 aromatic rings. The number of carbonyl (C=O) groups excluding carboxylic acids is 1. The molecule has 1 amide bonds. The van der Waals surface area contributed by atoms with E-state index in [9.17, 15) is 18.4 Å². The maximum atomic E-state index is 13.7. The lowest BCUT2D eigenvalue weighted by Crippen LogP contribution is -2.41. The molecule has 0 unspecified atom stereocenters. The zero-order valence-electron chi connectivity index (χ0n) is 15.5. The Bertz CT molecular complexity index is 1230. The van der Waals surface area contributed by atoms with E-state index in [4.69, 9.17) is 4.74 Å². The summed E-state index contributed by atoms with van der Waals surface area (Å²) in [6.45, 7) is 1.88. The van der Waals surface area contributed by atoms with Crippen LogP contribution >= 0.6 is 0 Å². The van der Waals surface area contributed by atoms with E-state index >= 15 is 0 Å².